The molecule has 3 N–H and O–H groups in total. The molecule has 20 heavy (non-hydrogen) atoms. The number of nitrogens with one attached hydrogen (secondary N) is 1. The second-order valence-electron chi connectivity index (χ2n) is 4.03. The van der Waals surface area contributed by atoms with Gasteiger partial charge in [-0.05, 0) is 30.3 Å². The minimum absolute atomic E-state index is 0.142. The lowest BCUT2D eigenvalue weighted by molar-refractivity contribution is -0.113. The zero-order valence-corrected chi connectivity index (χ0v) is 12.7. The molecule has 0 atom stereocenters. The summed E-state index contributed by atoms with van der Waals surface area (Å²) >= 11 is 13.1. The number of hydrogen-bond acceptors (Lipinski definition) is 3. The molecule has 6 heteroatoms. The van der Waals surface area contributed by atoms with E-state index in [-0.39, 0.29) is 11.7 Å². The molecule has 0 radical (unpaired) electrons. The van der Waals surface area contributed by atoms with Crippen molar-refractivity contribution < 1.29 is 4.79 Å². The molecule has 2 aromatic rings. The monoisotopic (exact) mass is 326 g/mol. The summed E-state index contributed by atoms with van der Waals surface area (Å²) in [5.74, 6) is 0.120. The van der Waals surface area contributed by atoms with Crippen molar-refractivity contribution in [2.45, 2.75) is 4.90 Å². The Bertz CT molecular complexity index is 614. The number of nitrogen functional groups attached to an aromatic ring is 1. The minimum atomic E-state index is -0.142. The van der Waals surface area contributed by atoms with Crippen LogP contribution in [0.25, 0.3) is 0 Å². The Hall–Kier alpha value is -1.36. The van der Waals surface area contributed by atoms with Crippen molar-refractivity contribution >= 4 is 52.2 Å². The number of hydrogen-bond donors (Lipinski definition) is 2. The molecular weight excluding hydrogens is 315 g/mol. The van der Waals surface area contributed by atoms with Gasteiger partial charge in [-0.2, -0.15) is 0 Å². The Morgan fingerprint density at radius 1 is 1.15 bits per heavy atom. The van der Waals surface area contributed by atoms with E-state index < -0.39 is 0 Å². The Morgan fingerprint density at radius 3 is 2.45 bits per heavy atom. The summed E-state index contributed by atoms with van der Waals surface area (Å²) in [6.07, 6.45) is 0. The van der Waals surface area contributed by atoms with Gasteiger partial charge in [0.15, 0.2) is 0 Å². The third-order valence-corrected chi connectivity index (χ3v) is 3.95. The van der Waals surface area contributed by atoms with Gasteiger partial charge in [0, 0.05) is 26.3 Å². The maximum absolute atomic E-state index is 11.9. The summed E-state index contributed by atoms with van der Waals surface area (Å²) in [6, 6.07) is 12.3. The number of thioether (sulfide) groups is 1. The van der Waals surface area contributed by atoms with E-state index in [0.717, 1.165) is 4.90 Å². The lowest BCUT2D eigenvalue weighted by Gasteiger charge is -2.07. The van der Waals surface area contributed by atoms with Gasteiger partial charge in [0.2, 0.25) is 5.91 Å². The van der Waals surface area contributed by atoms with Gasteiger partial charge in [-0.1, -0.05) is 35.3 Å². The van der Waals surface area contributed by atoms with Crippen LogP contribution in [0.3, 0.4) is 0 Å². The van der Waals surface area contributed by atoms with Crippen LogP contribution >= 0.6 is 35.0 Å². The first-order valence-electron chi connectivity index (χ1n) is 5.78. The molecule has 1 amide bonds. The fourth-order valence-corrected chi connectivity index (χ4v) is 2.87. The zero-order valence-electron chi connectivity index (χ0n) is 10.4. The van der Waals surface area contributed by atoms with Crippen molar-refractivity contribution in [1.29, 1.82) is 0 Å². The van der Waals surface area contributed by atoms with E-state index in [4.69, 9.17) is 28.9 Å². The quantitative estimate of drug-likeness (QED) is 0.650. The normalized spacial score (nSPS) is 10.3. The smallest absolute Gasteiger partial charge is 0.234 e. The van der Waals surface area contributed by atoms with Crippen LogP contribution < -0.4 is 11.1 Å². The van der Waals surface area contributed by atoms with Crippen molar-refractivity contribution in [1.82, 2.24) is 0 Å². The lowest BCUT2D eigenvalue weighted by Crippen LogP contribution is -2.14. The molecule has 0 unspecified atom stereocenters. The average Bonchev–Trinajstić information content (AvgIpc) is 2.36. The number of rotatable bonds is 4. The number of nitrogens with two attached hydrogens (primary N) is 1. The molecule has 0 aliphatic rings. The molecule has 0 fully saturated rings. The Balaban J connectivity index is 1.94. The number of para-hydroxylation sites is 1. The number of carbonyl (C=O) groups is 1. The van der Waals surface area contributed by atoms with E-state index in [9.17, 15) is 4.79 Å². The van der Waals surface area contributed by atoms with E-state index in [1.54, 1.807) is 24.3 Å². The highest BCUT2D eigenvalue weighted by atomic mass is 35.5. The molecule has 104 valence electrons. The topological polar surface area (TPSA) is 55.1 Å². The Labute approximate surface area is 131 Å². The molecule has 0 aliphatic heterocycles. The second-order valence-corrected chi connectivity index (χ2v) is 5.92. The third-order valence-electron chi connectivity index (χ3n) is 2.42. The summed E-state index contributed by atoms with van der Waals surface area (Å²) in [4.78, 5) is 12.7. The van der Waals surface area contributed by atoms with Gasteiger partial charge < -0.3 is 11.1 Å². The molecule has 0 aromatic heterocycles. The van der Waals surface area contributed by atoms with Crippen molar-refractivity contribution in [2.75, 3.05) is 16.8 Å². The molecule has 2 aromatic carbocycles. The van der Waals surface area contributed by atoms with Crippen molar-refractivity contribution in [3.8, 4) is 0 Å². The standard InChI is InChI=1S/C14H12Cl2N2OS/c15-9-5-10(16)7-11(6-9)18-14(19)8-20-13-4-2-1-3-12(13)17/h1-7H,8,17H2,(H,18,19). The maximum atomic E-state index is 11.9. The molecule has 0 aliphatic carbocycles. The van der Waals surface area contributed by atoms with Crippen LogP contribution in [0.15, 0.2) is 47.4 Å². The van der Waals surface area contributed by atoms with Gasteiger partial charge in [0.25, 0.3) is 0 Å². The van der Waals surface area contributed by atoms with Gasteiger partial charge >= 0.3 is 0 Å². The maximum Gasteiger partial charge on any atom is 0.234 e. The molecule has 0 spiro atoms. The first-order valence-corrected chi connectivity index (χ1v) is 7.52. The van der Waals surface area contributed by atoms with Crippen molar-refractivity contribution in [2.24, 2.45) is 0 Å². The number of halogens is 2. The van der Waals surface area contributed by atoms with E-state index in [1.165, 1.54) is 11.8 Å². The van der Waals surface area contributed by atoms with Crippen LogP contribution in [0.1, 0.15) is 0 Å². The first kappa shape index (κ1) is 15.0. The summed E-state index contributed by atoms with van der Waals surface area (Å²) < 4.78 is 0. The van der Waals surface area contributed by atoms with Gasteiger partial charge in [0.1, 0.15) is 0 Å². The van der Waals surface area contributed by atoms with E-state index in [1.807, 2.05) is 18.2 Å². The molecule has 0 saturated heterocycles. The van der Waals surface area contributed by atoms with Crippen LogP contribution in [0, 0.1) is 0 Å². The molecule has 0 saturated carbocycles. The fourth-order valence-electron chi connectivity index (χ4n) is 1.58. The molecule has 0 bridgehead atoms. The highest BCUT2D eigenvalue weighted by Crippen LogP contribution is 2.25. The first-order chi connectivity index (χ1) is 9.54. The number of benzene rings is 2. The van der Waals surface area contributed by atoms with Crippen LogP contribution in [-0.2, 0) is 4.79 Å². The van der Waals surface area contributed by atoms with E-state index in [0.29, 0.717) is 21.4 Å². The Kier molecular flexibility index (Phi) is 5.17. The second kappa shape index (κ2) is 6.88. The summed E-state index contributed by atoms with van der Waals surface area (Å²) in [5, 5.41) is 3.70. The highest BCUT2D eigenvalue weighted by Gasteiger charge is 2.06. The number of amides is 1. The molecule has 2 rings (SSSR count). The summed E-state index contributed by atoms with van der Waals surface area (Å²) in [5.41, 5.74) is 7.05. The lowest BCUT2D eigenvalue weighted by atomic mass is 10.3. The van der Waals surface area contributed by atoms with E-state index in [2.05, 4.69) is 5.32 Å². The van der Waals surface area contributed by atoms with Gasteiger partial charge in [-0.15, -0.1) is 11.8 Å². The van der Waals surface area contributed by atoms with Crippen LogP contribution in [-0.4, -0.2) is 11.7 Å². The molecule has 3 nitrogen and oxygen atoms in total. The third kappa shape index (κ3) is 4.34. The molecular formula is C14H12Cl2N2OS. The van der Waals surface area contributed by atoms with Crippen LogP contribution in [0.4, 0.5) is 11.4 Å². The van der Waals surface area contributed by atoms with Crippen LogP contribution in [0.2, 0.25) is 10.0 Å². The summed E-state index contributed by atoms with van der Waals surface area (Å²) in [6.45, 7) is 0. The Morgan fingerprint density at radius 2 is 1.80 bits per heavy atom. The largest absolute Gasteiger partial charge is 0.398 e. The van der Waals surface area contributed by atoms with Gasteiger partial charge in [0.05, 0.1) is 5.75 Å². The van der Waals surface area contributed by atoms with Crippen molar-refractivity contribution in [3.05, 3.63) is 52.5 Å². The predicted octanol–water partition coefficient (Wildman–Crippen LogP) is 4.31. The van der Waals surface area contributed by atoms with Gasteiger partial charge in [-0.25, -0.2) is 0 Å². The number of carbonyl (C=O) groups excluding carboxylic acids is 1. The zero-order chi connectivity index (χ0) is 14.5. The minimum Gasteiger partial charge on any atom is -0.398 e. The highest BCUT2D eigenvalue weighted by molar-refractivity contribution is 8.00. The SMILES string of the molecule is Nc1ccccc1SCC(=O)Nc1cc(Cl)cc(Cl)c1. The average molecular weight is 327 g/mol. The summed E-state index contributed by atoms with van der Waals surface area (Å²) in [7, 11) is 0. The van der Waals surface area contributed by atoms with E-state index >= 15 is 0 Å². The van der Waals surface area contributed by atoms with Gasteiger partial charge in [-0.3, -0.25) is 4.79 Å². The predicted molar refractivity (Wildman–Crippen MR) is 86.7 cm³/mol. The van der Waals surface area contributed by atoms with Crippen LogP contribution in [0.5, 0.6) is 0 Å². The number of anilines is 2. The van der Waals surface area contributed by atoms with Crippen molar-refractivity contribution in [3.63, 3.8) is 0 Å². The molecule has 0 heterocycles. The fraction of sp³-hybridized carbons (Fsp3) is 0.0714.